The van der Waals surface area contributed by atoms with Crippen molar-refractivity contribution in [3.8, 4) is 0 Å². The van der Waals surface area contributed by atoms with E-state index in [0.29, 0.717) is 0 Å². The van der Waals surface area contributed by atoms with Crippen LogP contribution < -0.4 is 0 Å². The molecule has 1 aromatic heterocycles. The van der Waals surface area contributed by atoms with Crippen molar-refractivity contribution in [2.45, 2.75) is 19.2 Å². The van der Waals surface area contributed by atoms with Gasteiger partial charge >= 0.3 is 0 Å². The molecule has 0 aliphatic heterocycles. The Kier molecular flexibility index (Phi) is 3.42. The number of aromatic nitrogens is 1. The van der Waals surface area contributed by atoms with Crippen LogP contribution in [0.25, 0.3) is 10.9 Å². The van der Waals surface area contributed by atoms with Crippen molar-refractivity contribution >= 4 is 38.6 Å². The van der Waals surface area contributed by atoms with Crippen LogP contribution in [0.2, 0.25) is 0 Å². The van der Waals surface area contributed by atoms with E-state index in [4.69, 9.17) is 0 Å². The second-order valence-electron chi connectivity index (χ2n) is 3.52. The maximum Gasteiger partial charge on any atom is 0.0494 e. The van der Waals surface area contributed by atoms with Gasteiger partial charge in [0.25, 0.3) is 0 Å². The summed E-state index contributed by atoms with van der Waals surface area (Å²) >= 11 is 5.40. The number of aryl methyl sites for hydroxylation is 1. The van der Waals surface area contributed by atoms with E-state index >= 15 is 0 Å². The van der Waals surface area contributed by atoms with Crippen LogP contribution in [0.1, 0.15) is 12.6 Å². The molecule has 0 N–H and O–H groups in total. The quantitative estimate of drug-likeness (QED) is 0.814. The third-order valence-corrected chi connectivity index (χ3v) is 3.64. The number of hydrogen-bond acceptors (Lipinski definition) is 1. The van der Waals surface area contributed by atoms with E-state index in [1.807, 2.05) is 11.8 Å². The molecule has 15 heavy (non-hydrogen) atoms. The minimum Gasteiger partial charge on any atom is -0.344 e. The fourth-order valence-corrected chi connectivity index (χ4v) is 2.81. The lowest BCUT2D eigenvalue weighted by Gasteiger charge is -2.06. The number of fused-ring (bicyclic) bond motifs is 1. The third-order valence-electron chi connectivity index (χ3n) is 2.56. The zero-order valence-electron chi connectivity index (χ0n) is 8.96. The van der Waals surface area contributed by atoms with Gasteiger partial charge in [-0.1, -0.05) is 22.0 Å². The van der Waals surface area contributed by atoms with E-state index < -0.39 is 0 Å². The van der Waals surface area contributed by atoms with E-state index in [2.05, 4.69) is 57.9 Å². The molecule has 0 saturated carbocycles. The molecule has 0 aliphatic carbocycles. The summed E-state index contributed by atoms with van der Waals surface area (Å²) in [5, 5.41) is 1.34. The van der Waals surface area contributed by atoms with Gasteiger partial charge in [0, 0.05) is 28.0 Å². The Balaban J connectivity index is 2.63. The first-order valence-electron chi connectivity index (χ1n) is 5.03. The molecule has 2 aromatic rings. The van der Waals surface area contributed by atoms with Crippen LogP contribution in [0.3, 0.4) is 0 Å². The standard InChI is InChI=1S/C12H14BrNS/c1-3-14-11(8-15-2)6-9-4-5-10(13)7-12(9)14/h4-7H,3,8H2,1-2H3. The average Bonchev–Trinajstić information content (AvgIpc) is 2.55. The van der Waals surface area contributed by atoms with Crippen LogP contribution >= 0.6 is 27.7 Å². The average molecular weight is 284 g/mol. The highest BCUT2D eigenvalue weighted by Crippen LogP contribution is 2.25. The monoisotopic (exact) mass is 283 g/mol. The Labute approximate surface area is 103 Å². The molecular weight excluding hydrogens is 270 g/mol. The second-order valence-corrected chi connectivity index (χ2v) is 5.30. The summed E-state index contributed by atoms with van der Waals surface area (Å²) < 4.78 is 3.54. The zero-order valence-corrected chi connectivity index (χ0v) is 11.4. The minimum absolute atomic E-state index is 1.04. The molecule has 0 amide bonds. The van der Waals surface area contributed by atoms with Crippen molar-refractivity contribution in [1.29, 1.82) is 0 Å². The Hall–Kier alpha value is -0.410. The first kappa shape index (κ1) is 11.1. The van der Waals surface area contributed by atoms with Crippen molar-refractivity contribution in [1.82, 2.24) is 4.57 Å². The van der Waals surface area contributed by atoms with E-state index in [-0.39, 0.29) is 0 Å². The summed E-state index contributed by atoms with van der Waals surface area (Å²) in [6, 6.07) is 8.77. The maximum atomic E-state index is 3.53. The van der Waals surface area contributed by atoms with Crippen LogP contribution in [0.4, 0.5) is 0 Å². The number of hydrogen-bond donors (Lipinski definition) is 0. The zero-order chi connectivity index (χ0) is 10.8. The number of benzene rings is 1. The van der Waals surface area contributed by atoms with E-state index in [1.165, 1.54) is 16.6 Å². The minimum atomic E-state index is 1.04. The number of rotatable bonds is 3. The van der Waals surface area contributed by atoms with Crippen LogP contribution in [-0.2, 0) is 12.3 Å². The van der Waals surface area contributed by atoms with Crippen LogP contribution in [0.5, 0.6) is 0 Å². The molecule has 0 atom stereocenters. The van der Waals surface area contributed by atoms with Gasteiger partial charge in [0.05, 0.1) is 0 Å². The predicted octanol–water partition coefficient (Wildman–Crippen LogP) is 4.29. The van der Waals surface area contributed by atoms with Crippen molar-refractivity contribution in [2.24, 2.45) is 0 Å². The molecule has 0 unspecified atom stereocenters. The second kappa shape index (κ2) is 4.62. The van der Waals surface area contributed by atoms with Gasteiger partial charge in [-0.15, -0.1) is 0 Å². The number of halogens is 1. The first-order valence-corrected chi connectivity index (χ1v) is 7.21. The molecule has 0 saturated heterocycles. The van der Waals surface area contributed by atoms with Gasteiger partial charge in [0.15, 0.2) is 0 Å². The van der Waals surface area contributed by atoms with Gasteiger partial charge in [-0.3, -0.25) is 0 Å². The molecule has 1 heterocycles. The van der Waals surface area contributed by atoms with Gasteiger partial charge in [0.1, 0.15) is 0 Å². The fourth-order valence-electron chi connectivity index (χ4n) is 1.93. The summed E-state index contributed by atoms with van der Waals surface area (Å²) in [5.41, 5.74) is 2.74. The molecule has 1 aromatic carbocycles. The summed E-state index contributed by atoms with van der Waals surface area (Å²) in [5.74, 6) is 1.08. The molecule has 0 bridgehead atoms. The Bertz CT molecular complexity index is 476. The van der Waals surface area contributed by atoms with Gasteiger partial charge < -0.3 is 4.57 Å². The topological polar surface area (TPSA) is 4.93 Å². The summed E-state index contributed by atoms with van der Waals surface area (Å²) in [4.78, 5) is 0. The Morgan fingerprint density at radius 1 is 1.33 bits per heavy atom. The number of thioether (sulfide) groups is 1. The predicted molar refractivity (Wildman–Crippen MR) is 72.5 cm³/mol. The Morgan fingerprint density at radius 3 is 2.80 bits per heavy atom. The molecular formula is C12H14BrNS. The lowest BCUT2D eigenvalue weighted by atomic mass is 10.2. The highest BCUT2D eigenvalue weighted by Gasteiger charge is 2.06. The van der Waals surface area contributed by atoms with Gasteiger partial charge in [0.2, 0.25) is 0 Å². The van der Waals surface area contributed by atoms with Crippen molar-refractivity contribution in [2.75, 3.05) is 6.26 Å². The molecule has 0 radical (unpaired) electrons. The molecule has 2 rings (SSSR count). The van der Waals surface area contributed by atoms with Gasteiger partial charge in [-0.25, -0.2) is 0 Å². The Morgan fingerprint density at radius 2 is 2.13 bits per heavy atom. The van der Waals surface area contributed by atoms with Gasteiger partial charge in [-0.2, -0.15) is 11.8 Å². The summed E-state index contributed by atoms with van der Waals surface area (Å²) in [7, 11) is 0. The lowest BCUT2D eigenvalue weighted by Crippen LogP contribution is -1.98. The highest BCUT2D eigenvalue weighted by molar-refractivity contribution is 9.10. The van der Waals surface area contributed by atoms with Crippen molar-refractivity contribution in [3.05, 3.63) is 34.4 Å². The maximum absolute atomic E-state index is 3.53. The summed E-state index contributed by atoms with van der Waals surface area (Å²) in [6.45, 7) is 3.24. The molecule has 1 nitrogen and oxygen atoms in total. The van der Waals surface area contributed by atoms with E-state index in [9.17, 15) is 0 Å². The van der Waals surface area contributed by atoms with E-state index in [1.54, 1.807) is 0 Å². The molecule has 3 heteroatoms. The lowest BCUT2D eigenvalue weighted by molar-refractivity contribution is 0.765. The van der Waals surface area contributed by atoms with Crippen LogP contribution in [0.15, 0.2) is 28.7 Å². The molecule has 0 aliphatic rings. The first-order chi connectivity index (χ1) is 7.26. The normalized spacial score (nSPS) is 11.1. The van der Waals surface area contributed by atoms with Gasteiger partial charge in [-0.05, 0) is 36.8 Å². The van der Waals surface area contributed by atoms with Crippen molar-refractivity contribution in [3.63, 3.8) is 0 Å². The number of nitrogens with zero attached hydrogens (tertiary/aromatic N) is 1. The van der Waals surface area contributed by atoms with E-state index in [0.717, 1.165) is 16.8 Å². The molecule has 0 fully saturated rings. The van der Waals surface area contributed by atoms with Crippen molar-refractivity contribution < 1.29 is 0 Å². The smallest absolute Gasteiger partial charge is 0.0494 e. The van der Waals surface area contributed by atoms with Crippen LogP contribution in [0, 0.1) is 0 Å². The third kappa shape index (κ3) is 2.08. The van der Waals surface area contributed by atoms with Crippen LogP contribution in [-0.4, -0.2) is 10.8 Å². The summed E-state index contributed by atoms with van der Waals surface area (Å²) in [6.07, 6.45) is 2.15. The molecule has 0 spiro atoms. The fraction of sp³-hybridized carbons (Fsp3) is 0.333. The largest absolute Gasteiger partial charge is 0.344 e. The highest BCUT2D eigenvalue weighted by atomic mass is 79.9. The molecule has 80 valence electrons. The SMILES string of the molecule is CCn1c(CSC)cc2ccc(Br)cc21.